The molecule has 6 heteroatoms. The number of benzene rings is 1. The Labute approximate surface area is 196 Å². The summed E-state index contributed by atoms with van der Waals surface area (Å²) in [6, 6.07) is 10.5. The van der Waals surface area contributed by atoms with Gasteiger partial charge in [-0.1, -0.05) is 29.8 Å². The highest BCUT2D eigenvalue weighted by Crippen LogP contribution is 2.51. The summed E-state index contributed by atoms with van der Waals surface area (Å²) in [5.74, 6) is 0.130. The number of hydrogen-bond acceptors (Lipinski definition) is 5. The number of carbonyl (C=O) groups is 1. The fraction of sp³-hybridized carbons (Fsp3) is 0.360. The molecule has 31 heavy (non-hydrogen) atoms. The average Bonchev–Trinajstić information content (AvgIpc) is 2.99. The van der Waals surface area contributed by atoms with Crippen LogP contribution in [-0.4, -0.2) is 5.78 Å². The smallest absolute Gasteiger partial charge is 0.162 e. The Hall–Kier alpha value is -2.36. The summed E-state index contributed by atoms with van der Waals surface area (Å²) in [4.78, 5) is 17.8. The van der Waals surface area contributed by atoms with Crippen LogP contribution in [0, 0.1) is 37.5 Å². The normalized spacial score (nSPS) is 20.7. The number of anilines is 1. The van der Waals surface area contributed by atoms with Gasteiger partial charge in [-0.25, -0.2) is 0 Å². The van der Waals surface area contributed by atoms with Crippen molar-refractivity contribution in [2.24, 2.45) is 11.1 Å². The number of nitrogens with zero attached hydrogens (tertiary/aromatic N) is 2. The highest BCUT2D eigenvalue weighted by atomic mass is 79.9. The van der Waals surface area contributed by atoms with E-state index < -0.39 is 5.92 Å². The Balaban J connectivity index is 2.04. The minimum atomic E-state index is -0.402. The van der Waals surface area contributed by atoms with E-state index in [-0.39, 0.29) is 11.2 Å². The van der Waals surface area contributed by atoms with Crippen LogP contribution in [0.1, 0.15) is 53.5 Å². The van der Waals surface area contributed by atoms with Gasteiger partial charge in [0.1, 0.15) is 5.82 Å². The van der Waals surface area contributed by atoms with Crippen molar-refractivity contribution in [1.82, 2.24) is 0 Å². The van der Waals surface area contributed by atoms with Crippen LogP contribution < -0.4 is 10.6 Å². The van der Waals surface area contributed by atoms with Gasteiger partial charge in [0.15, 0.2) is 5.78 Å². The van der Waals surface area contributed by atoms with Gasteiger partial charge in [0.25, 0.3) is 0 Å². The number of halogens is 1. The first kappa shape index (κ1) is 21.9. The van der Waals surface area contributed by atoms with Crippen LogP contribution in [0.2, 0.25) is 0 Å². The molecule has 4 rings (SSSR count). The Morgan fingerprint density at radius 1 is 1.23 bits per heavy atom. The van der Waals surface area contributed by atoms with E-state index in [0.717, 1.165) is 43.9 Å². The second-order valence-corrected chi connectivity index (χ2v) is 11.7. The summed E-state index contributed by atoms with van der Waals surface area (Å²) in [6.45, 7) is 10.4. The summed E-state index contributed by atoms with van der Waals surface area (Å²) in [7, 11) is 0. The van der Waals surface area contributed by atoms with Crippen molar-refractivity contribution in [2.75, 3.05) is 4.90 Å². The van der Waals surface area contributed by atoms with Crippen molar-refractivity contribution in [3.8, 4) is 6.07 Å². The number of nitrogens with two attached hydrogens (primary N) is 1. The molecule has 0 spiro atoms. The lowest BCUT2D eigenvalue weighted by Crippen LogP contribution is -2.42. The predicted octanol–water partition coefficient (Wildman–Crippen LogP) is 6.38. The van der Waals surface area contributed by atoms with Gasteiger partial charge in [-0.15, -0.1) is 11.3 Å². The van der Waals surface area contributed by atoms with Gasteiger partial charge in [0.2, 0.25) is 0 Å². The topological polar surface area (TPSA) is 70.1 Å². The SMILES string of the molecule is Cc1cc([C@H]2C(C#N)=C(N)N(c3ccc(Br)cc3C)C3=C2C(=O)CC(C)(C)C3)c(C)s1. The van der Waals surface area contributed by atoms with Crippen LogP contribution in [0.5, 0.6) is 0 Å². The van der Waals surface area contributed by atoms with Crippen molar-refractivity contribution in [3.63, 3.8) is 0 Å². The summed E-state index contributed by atoms with van der Waals surface area (Å²) < 4.78 is 0.977. The van der Waals surface area contributed by atoms with Crippen molar-refractivity contribution in [2.45, 2.75) is 53.4 Å². The molecule has 4 nitrogen and oxygen atoms in total. The Kier molecular flexibility index (Phi) is 5.39. The maximum Gasteiger partial charge on any atom is 0.162 e. The molecule has 0 radical (unpaired) electrons. The highest BCUT2D eigenvalue weighted by molar-refractivity contribution is 9.10. The summed E-state index contributed by atoms with van der Waals surface area (Å²) in [6.07, 6.45) is 1.19. The van der Waals surface area contributed by atoms with Crippen LogP contribution in [0.4, 0.5) is 5.69 Å². The first-order chi connectivity index (χ1) is 14.5. The number of carbonyl (C=O) groups excluding carboxylic acids is 1. The number of allylic oxidation sites excluding steroid dienone is 3. The number of hydrogen-bond donors (Lipinski definition) is 1. The molecule has 0 saturated carbocycles. The van der Waals surface area contributed by atoms with E-state index in [9.17, 15) is 10.1 Å². The first-order valence-electron chi connectivity index (χ1n) is 10.3. The number of nitriles is 1. The molecule has 2 aromatic rings. The third kappa shape index (κ3) is 3.64. The largest absolute Gasteiger partial charge is 0.384 e. The standard InChI is InChI=1S/C25H26BrN3OS/c1-13-8-16(26)6-7-19(13)29-20-10-25(4,5)11-21(30)23(20)22(18(12-27)24(29)28)17-9-14(2)31-15(17)3/h6-9,22H,10-11,28H2,1-5H3/t22-/m0/s1. The van der Waals surface area contributed by atoms with Crippen molar-refractivity contribution in [3.05, 3.63) is 72.3 Å². The summed E-state index contributed by atoms with van der Waals surface area (Å²) >= 11 is 5.22. The molecule has 0 amide bonds. The maximum absolute atomic E-state index is 13.6. The van der Waals surface area contributed by atoms with Crippen LogP contribution >= 0.6 is 27.3 Å². The molecule has 0 bridgehead atoms. The lowest BCUT2D eigenvalue weighted by atomic mass is 9.68. The van der Waals surface area contributed by atoms with Crippen LogP contribution in [0.15, 0.2) is 51.4 Å². The minimum absolute atomic E-state index is 0.111. The second kappa shape index (κ2) is 7.65. The van der Waals surface area contributed by atoms with E-state index >= 15 is 0 Å². The minimum Gasteiger partial charge on any atom is -0.384 e. The number of ketones is 1. The van der Waals surface area contributed by atoms with E-state index in [2.05, 4.69) is 55.8 Å². The number of thiophene rings is 1. The summed E-state index contributed by atoms with van der Waals surface area (Å²) in [5, 5.41) is 10.2. The molecule has 160 valence electrons. The van der Waals surface area contributed by atoms with E-state index in [0.29, 0.717) is 17.8 Å². The summed E-state index contributed by atoms with van der Waals surface area (Å²) in [5.41, 5.74) is 11.6. The van der Waals surface area contributed by atoms with Gasteiger partial charge in [-0.2, -0.15) is 5.26 Å². The van der Waals surface area contributed by atoms with Crippen LogP contribution in [-0.2, 0) is 4.79 Å². The van der Waals surface area contributed by atoms with Gasteiger partial charge in [-0.3, -0.25) is 9.69 Å². The van der Waals surface area contributed by atoms with Gasteiger partial charge in [0, 0.05) is 31.9 Å². The molecular formula is C25H26BrN3OS. The van der Waals surface area contributed by atoms with Gasteiger partial charge >= 0.3 is 0 Å². The third-order valence-corrected chi connectivity index (χ3v) is 7.65. The Morgan fingerprint density at radius 3 is 2.52 bits per heavy atom. The Bertz CT molecular complexity index is 1210. The molecule has 2 N–H and O–H groups in total. The molecule has 0 saturated heterocycles. The molecule has 2 heterocycles. The fourth-order valence-electron chi connectivity index (χ4n) is 4.90. The maximum atomic E-state index is 13.6. The van der Waals surface area contributed by atoms with E-state index in [4.69, 9.17) is 5.73 Å². The number of Topliss-reactive ketones (excluding diaryl/α,β-unsaturated/α-hetero) is 1. The first-order valence-corrected chi connectivity index (χ1v) is 11.9. The zero-order chi connectivity index (χ0) is 22.7. The van der Waals surface area contributed by atoms with Crippen molar-refractivity contribution < 1.29 is 4.79 Å². The number of rotatable bonds is 2. The quantitative estimate of drug-likeness (QED) is 0.524. The molecule has 1 aromatic carbocycles. The van der Waals surface area contributed by atoms with E-state index in [1.165, 1.54) is 4.88 Å². The predicted molar refractivity (Wildman–Crippen MR) is 130 cm³/mol. The molecular weight excluding hydrogens is 470 g/mol. The van der Waals surface area contributed by atoms with Crippen molar-refractivity contribution >= 4 is 38.7 Å². The van der Waals surface area contributed by atoms with Gasteiger partial charge in [0.05, 0.1) is 23.2 Å². The molecule has 1 atom stereocenters. The molecule has 2 aliphatic rings. The van der Waals surface area contributed by atoms with Gasteiger partial charge < -0.3 is 5.73 Å². The zero-order valence-electron chi connectivity index (χ0n) is 18.5. The lowest BCUT2D eigenvalue weighted by molar-refractivity contribution is -0.118. The number of aryl methyl sites for hydroxylation is 3. The molecule has 1 aromatic heterocycles. The molecule has 1 aliphatic carbocycles. The average molecular weight is 496 g/mol. The Morgan fingerprint density at radius 2 is 1.94 bits per heavy atom. The third-order valence-electron chi connectivity index (χ3n) is 6.17. The van der Waals surface area contributed by atoms with Gasteiger partial charge in [-0.05, 0) is 68.0 Å². The van der Waals surface area contributed by atoms with Crippen LogP contribution in [0.3, 0.4) is 0 Å². The lowest BCUT2D eigenvalue weighted by Gasteiger charge is -2.44. The zero-order valence-corrected chi connectivity index (χ0v) is 20.9. The van der Waals surface area contributed by atoms with Crippen LogP contribution in [0.25, 0.3) is 0 Å². The molecule has 0 fully saturated rings. The molecule has 0 unspecified atom stereocenters. The second-order valence-electron chi connectivity index (χ2n) is 9.28. The van der Waals surface area contributed by atoms with E-state index in [1.807, 2.05) is 30.0 Å². The fourth-order valence-corrected chi connectivity index (χ4v) is 6.34. The molecule has 1 aliphatic heterocycles. The highest BCUT2D eigenvalue weighted by Gasteiger charge is 2.45. The van der Waals surface area contributed by atoms with E-state index in [1.54, 1.807) is 11.3 Å². The monoisotopic (exact) mass is 495 g/mol. The van der Waals surface area contributed by atoms with Crippen molar-refractivity contribution in [1.29, 1.82) is 5.26 Å².